The van der Waals surface area contributed by atoms with Crippen LogP contribution in [0.2, 0.25) is 5.02 Å². The highest BCUT2D eigenvalue weighted by Gasteiger charge is 2.30. The van der Waals surface area contributed by atoms with E-state index in [4.69, 9.17) is 11.6 Å². The molecule has 2 aromatic carbocycles. The average Bonchev–Trinajstić information content (AvgIpc) is 3.23. The van der Waals surface area contributed by atoms with Crippen molar-refractivity contribution in [3.05, 3.63) is 64.2 Å². The van der Waals surface area contributed by atoms with Crippen LogP contribution in [0.3, 0.4) is 0 Å². The first kappa shape index (κ1) is 22.3. The number of aliphatic carboxylic acids is 1. The Morgan fingerprint density at radius 2 is 1.77 bits per heavy atom. The van der Waals surface area contributed by atoms with Crippen LogP contribution < -0.4 is 5.32 Å². The molecular weight excluding hydrogens is 428 g/mol. The van der Waals surface area contributed by atoms with Gasteiger partial charge in [0.25, 0.3) is 5.91 Å². The number of halogens is 1. The zero-order valence-electron chi connectivity index (χ0n) is 16.5. The summed E-state index contributed by atoms with van der Waals surface area (Å²) >= 11 is 6.13. The minimum atomic E-state index is -3.80. The molecule has 30 heavy (non-hydrogen) atoms. The Kier molecular flexibility index (Phi) is 6.80. The number of nitrogens with one attached hydrogen (secondary N) is 1. The SMILES string of the molecule is Cc1ccc(C(CC(=O)O)NC(=O)c2ccc(Cl)c(S(=O)(=O)N3CCCC3)c2)cc1. The van der Waals surface area contributed by atoms with Gasteiger partial charge < -0.3 is 10.4 Å². The molecule has 0 bridgehead atoms. The second-order valence-corrected chi connectivity index (χ2v) is 9.60. The van der Waals surface area contributed by atoms with E-state index in [1.807, 2.05) is 19.1 Å². The second kappa shape index (κ2) is 9.16. The third-order valence-electron chi connectivity index (χ3n) is 5.04. The van der Waals surface area contributed by atoms with Gasteiger partial charge in [-0.3, -0.25) is 9.59 Å². The fourth-order valence-electron chi connectivity index (χ4n) is 3.38. The summed E-state index contributed by atoms with van der Waals surface area (Å²) < 4.78 is 27.1. The van der Waals surface area contributed by atoms with Crippen LogP contribution in [0.1, 0.15) is 46.8 Å². The number of carbonyl (C=O) groups excluding carboxylic acids is 1. The summed E-state index contributed by atoms with van der Waals surface area (Å²) in [6.45, 7) is 2.75. The summed E-state index contributed by atoms with van der Waals surface area (Å²) in [5.74, 6) is -1.63. The maximum atomic E-state index is 12.9. The molecule has 3 rings (SSSR count). The Balaban J connectivity index is 1.88. The molecule has 160 valence electrons. The number of carboxylic acids is 1. The van der Waals surface area contributed by atoms with Crippen molar-refractivity contribution in [3.8, 4) is 0 Å². The number of carboxylic acid groups (broad SMARTS) is 1. The number of nitrogens with zero attached hydrogens (tertiary/aromatic N) is 1. The van der Waals surface area contributed by atoms with Crippen LogP contribution in [-0.2, 0) is 14.8 Å². The van der Waals surface area contributed by atoms with Gasteiger partial charge in [-0.15, -0.1) is 0 Å². The van der Waals surface area contributed by atoms with Gasteiger partial charge in [0.15, 0.2) is 0 Å². The lowest BCUT2D eigenvalue weighted by Crippen LogP contribution is -2.31. The number of carbonyl (C=O) groups is 2. The van der Waals surface area contributed by atoms with Gasteiger partial charge in [-0.1, -0.05) is 41.4 Å². The number of amides is 1. The zero-order valence-corrected chi connectivity index (χ0v) is 18.0. The molecule has 0 spiro atoms. The van der Waals surface area contributed by atoms with E-state index in [1.165, 1.54) is 22.5 Å². The molecule has 1 amide bonds. The Labute approximate surface area is 180 Å². The van der Waals surface area contributed by atoms with Crippen LogP contribution >= 0.6 is 11.6 Å². The number of sulfonamides is 1. The largest absolute Gasteiger partial charge is 0.481 e. The van der Waals surface area contributed by atoms with Crippen molar-refractivity contribution < 1.29 is 23.1 Å². The molecule has 0 saturated carbocycles. The Morgan fingerprint density at radius 1 is 1.13 bits per heavy atom. The maximum Gasteiger partial charge on any atom is 0.305 e. The number of hydrogen-bond acceptors (Lipinski definition) is 4. The molecule has 9 heteroatoms. The lowest BCUT2D eigenvalue weighted by Gasteiger charge is -2.19. The predicted molar refractivity (Wildman–Crippen MR) is 113 cm³/mol. The quantitative estimate of drug-likeness (QED) is 0.673. The third-order valence-corrected chi connectivity index (χ3v) is 7.42. The summed E-state index contributed by atoms with van der Waals surface area (Å²) in [7, 11) is -3.80. The molecule has 7 nitrogen and oxygen atoms in total. The summed E-state index contributed by atoms with van der Waals surface area (Å²) in [4.78, 5) is 24.0. The Morgan fingerprint density at radius 3 is 2.37 bits per heavy atom. The van der Waals surface area contributed by atoms with E-state index in [9.17, 15) is 23.1 Å². The van der Waals surface area contributed by atoms with Crippen molar-refractivity contribution >= 4 is 33.5 Å². The molecule has 1 atom stereocenters. The third kappa shape index (κ3) is 5.00. The highest BCUT2D eigenvalue weighted by molar-refractivity contribution is 7.89. The van der Waals surface area contributed by atoms with Gasteiger partial charge >= 0.3 is 5.97 Å². The molecule has 1 saturated heterocycles. The van der Waals surface area contributed by atoms with Gasteiger partial charge in [-0.25, -0.2) is 8.42 Å². The van der Waals surface area contributed by atoms with Crippen LogP contribution in [-0.4, -0.2) is 42.8 Å². The smallest absolute Gasteiger partial charge is 0.305 e. The van der Waals surface area contributed by atoms with Crippen LogP contribution in [0.25, 0.3) is 0 Å². The fourth-order valence-corrected chi connectivity index (χ4v) is 5.39. The van der Waals surface area contributed by atoms with E-state index in [0.717, 1.165) is 18.4 Å². The highest BCUT2D eigenvalue weighted by atomic mass is 35.5. The Hall–Kier alpha value is -2.42. The van der Waals surface area contributed by atoms with Gasteiger partial charge in [0, 0.05) is 18.7 Å². The predicted octanol–water partition coefficient (Wildman–Crippen LogP) is 3.38. The molecule has 1 aliphatic rings. The Bertz CT molecular complexity index is 1050. The number of benzene rings is 2. The van der Waals surface area contributed by atoms with Crippen LogP contribution in [0.5, 0.6) is 0 Å². The standard InChI is InChI=1S/C21H23ClN2O5S/c1-14-4-6-15(7-5-14)18(13-20(25)26)23-21(27)16-8-9-17(22)19(12-16)30(28,29)24-10-2-3-11-24/h4-9,12,18H,2-3,10-11,13H2,1H3,(H,23,27)(H,25,26). The van der Waals surface area contributed by atoms with Crippen molar-refractivity contribution in [1.29, 1.82) is 0 Å². The molecule has 1 fully saturated rings. The topological polar surface area (TPSA) is 104 Å². The van der Waals surface area contributed by atoms with E-state index in [2.05, 4.69) is 5.32 Å². The van der Waals surface area contributed by atoms with E-state index in [-0.39, 0.29) is 21.9 Å². The van der Waals surface area contributed by atoms with Crippen molar-refractivity contribution in [3.63, 3.8) is 0 Å². The molecule has 2 aromatic rings. The van der Waals surface area contributed by atoms with E-state index >= 15 is 0 Å². The first-order chi connectivity index (χ1) is 14.2. The van der Waals surface area contributed by atoms with Crippen LogP contribution in [0.15, 0.2) is 47.4 Å². The summed E-state index contributed by atoms with van der Waals surface area (Å²) in [6, 6.07) is 10.5. The number of rotatable bonds is 7. The van der Waals surface area contributed by atoms with E-state index < -0.39 is 27.9 Å². The fraction of sp³-hybridized carbons (Fsp3) is 0.333. The molecule has 2 N–H and O–H groups in total. The van der Waals surface area contributed by atoms with Crippen molar-refractivity contribution in [2.45, 2.75) is 37.1 Å². The number of hydrogen-bond donors (Lipinski definition) is 2. The van der Waals surface area contributed by atoms with Crippen molar-refractivity contribution in [1.82, 2.24) is 9.62 Å². The van der Waals surface area contributed by atoms with Crippen molar-refractivity contribution in [2.75, 3.05) is 13.1 Å². The van der Waals surface area contributed by atoms with Crippen LogP contribution in [0.4, 0.5) is 0 Å². The molecular formula is C21H23ClN2O5S. The molecule has 1 unspecified atom stereocenters. The van der Waals surface area contributed by atoms with Crippen LogP contribution in [0, 0.1) is 6.92 Å². The lowest BCUT2D eigenvalue weighted by molar-refractivity contribution is -0.137. The molecule has 0 aliphatic carbocycles. The molecule has 1 heterocycles. The minimum Gasteiger partial charge on any atom is -0.481 e. The van der Waals surface area contributed by atoms with E-state index in [1.54, 1.807) is 12.1 Å². The van der Waals surface area contributed by atoms with Gasteiger partial charge in [-0.2, -0.15) is 4.31 Å². The van der Waals surface area contributed by atoms with Gasteiger partial charge in [-0.05, 0) is 43.5 Å². The van der Waals surface area contributed by atoms with Gasteiger partial charge in [0.1, 0.15) is 4.90 Å². The first-order valence-electron chi connectivity index (χ1n) is 9.57. The lowest BCUT2D eigenvalue weighted by atomic mass is 10.0. The number of aryl methyl sites for hydroxylation is 1. The van der Waals surface area contributed by atoms with Crippen molar-refractivity contribution in [2.24, 2.45) is 0 Å². The minimum absolute atomic E-state index is 0.0408. The summed E-state index contributed by atoms with van der Waals surface area (Å²) in [5, 5.41) is 12.0. The highest BCUT2D eigenvalue weighted by Crippen LogP contribution is 2.28. The van der Waals surface area contributed by atoms with E-state index in [0.29, 0.717) is 18.7 Å². The monoisotopic (exact) mass is 450 g/mol. The second-order valence-electron chi connectivity index (χ2n) is 7.29. The average molecular weight is 451 g/mol. The summed E-state index contributed by atoms with van der Waals surface area (Å²) in [5.41, 5.74) is 1.75. The van der Waals surface area contributed by atoms with Gasteiger partial charge in [0.05, 0.1) is 17.5 Å². The first-order valence-corrected chi connectivity index (χ1v) is 11.4. The normalized spacial score (nSPS) is 15.7. The maximum absolute atomic E-state index is 12.9. The molecule has 0 aromatic heterocycles. The zero-order chi connectivity index (χ0) is 21.9. The molecule has 0 radical (unpaired) electrons. The summed E-state index contributed by atoms with van der Waals surface area (Å²) in [6.07, 6.45) is 1.26. The molecule has 1 aliphatic heterocycles. The van der Waals surface area contributed by atoms with Gasteiger partial charge in [0.2, 0.25) is 10.0 Å².